The van der Waals surface area contributed by atoms with E-state index in [0.29, 0.717) is 12.8 Å². The molecule has 0 bridgehead atoms. The van der Waals surface area contributed by atoms with Crippen LogP contribution in [0.25, 0.3) is 0 Å². The van der Waals surface area contributed by atoms with Gasteiger partial charge in [0.25, 0.3) is 0 Å². The Morgan fingerprint density at radius 2 is 1.81 bits per heavy atom. The van der Waals surface area contributed by atoms with Gasteiger partial charge in [0.15, 0.2) is 11.6 Å². The Bertz CT molecular complexity index is 664. The number of ether oxygens (including phenoxy) is 2. The molecule has 0 heterocycles. The highest BCUT2D eigenvalue weighted by atomic mass is 19.2. The molecule has 4 nitrogen and oxygen atoms in total. The van der Waals surface area contributed by atoms with Crippen LogP contribution in [0, 0.1) is 28.9 Å². The first-order valence-electron chi connectivity index (χ1n) is 9.78. The van der Waals surface area contributed by atoms with Gasteiger partial charge < -0.3 is 9.47 Å². The SMILES string of the molecule is CCCCCCCO[C@H]1CC[C@H](C(=O)Oc2ccc(C#N)c(F)c2F)CC1. The van der Waals surface area contributed by atoms with E-state index in [4.69, 9.17) is 14.7 Å². The zero-order valence-corrected chi connectivity index (χ0v) is 15.8. The summed E-state index contributed by atoms with van der Waals surface area (Å²) in [5.74, 6) is -3.97. The van der Waals surface area contributed by atoms with Crippen molar-refractivity contribution in [1.29, 1.82) is 5.26 Å². The largest absolute Gasteiger partial charge is 0.423 e. The molecule has 6 heteroatoms. The third-order valence-electron chi connectivity index (χ3n) is 4.99. The van der Waals surface area contributed by atoms with E-state index < -0.39 is 28.9 Å². The Hall–Kier alpha value is -2.00. The first-order chi connectivity index (χ1) is 13.1. The minimum Gasteiger partial charge on any atom is -0.423 e. The summed E-state index contributed by atoms with van der Waals surface area (Å²) in [5, 5.41) is 8.68. The highest BCUT2D eigenvalue weighted by Gasteiger charge is 2.29. The molecule has 148 valence electrons. The van der Waals surface area contributed by atoms with Crippen molar-refractivity contribution in [3.8, 4) is 11.8 Å². The van der Waals surface area contributed by atoms with E-state index >= 15 is 0 Å². The summed E-state index contributed by atoms with van der Waals surface area (Å²) >= 11 is 0. The fourth-order valence-electron chi connectivity index (χ4n) is 3.31. The van der Waals surface area contributed by atoms with Crippen molar-refractivity contribution in [2.24, 2.45) is 5.92 Å². The first kappa shape index (κ1) is 21.3. The molecule has 0 N–H and O–H groups in total. The van der Waals surface area contributed by atoms with Gasteiger partial charge in [-0.3, -0.25) is 4.79 Å². The maximum Gasteiger partial charge on any atom is 0.314 e. The molecule has 1 aromatic carbocycles. The van der Waals surface area contributed by atoms with Gasteiger partial charge in [0, 0.05) is 6.61 Å². The standard InChI is InChI=1S/C21H27F2NO3/c1-2-3-4-5-6-13-26-17-10-7-15(8-11-17)21(25)27-18-12-9-16(14-24)19(22)20(18)23/h9,12,15,17H,2-8,10-11,13H2,1H3/t15-,17-. The maximum atomic E-state index is 13.9. The molecule has 1 fully saturated rings. The van der Waals surface area contributed by atoms with E-state index in [9.17, 15) is 13.6 Å². The number of hydrogen-bond donors (Lipinski definition) is 0. The van der Waals surface area contributed by atoms with Crippen molar-refractivity contribution in [3.63, 3.8) is 0 Å². The molecular weight excluding hydrogens is 352 g/mol. The zero-order valence-electron chi connectivity index (χ0n) is 15.8. The van der Waals surface area contributed by atoms with Gasteiger partial charge >= 0.3 is 5.97 Å². The summed E-state index contributed by atoms with van der Waals surface area (Å²) in [7, 11) is 0. The van der Waals surface area contributed by atoms with E-state index in [1.807, 2.05) is 0 Å². The van der Waals surface area contributed by atoms with E-state index in [-0.39, 0.29) is 12.0 Å². The second kappa shape index (κ2) is 11.0. The second-order valence-electron chi connectivity index (χ2n) is 7.03. The molecule has 1 aromatic rings. The predicted molar refractivity (Wildman–Crippen MR) is 97.2 cm³/mol. The molecule has 0 unspecified atom stereocenters. The quantitative estimate of drug-likeness (QED) is 0.332. The first-order valence-corrected chi connectivity index (χ1v) is 9.78. The lowest BCUT2D eigenvalue weighted by molar-refractivity contribution is -0.141. The third-order valence-corrected chi connectivity index (χ3v) is 4.99. The van der Waals surface area contributed by atoms with Crippen LogP contribution in [0.15, 0.2) is 12.1 Å². The van der Waals surface area contributed by atoms with E-state index in [1.165, 1.54) is 25.7 Å². The molecule has 27 heavy (non-hydrogen) atoms. The normalized spacial score (nSPS) is 19.5. The summed E-state index contributed by atoms with van der Waals surface area (Å²) < 4.78 is 38.4. The van der Waals surface area contributed by atoms with Gasteiger partial charge in [-0.2, -0.15) is 9.65 Å². The highest BCUT2D eigenvalue weighted by Crippen LogP contribution is 2.29. The van der Waals surface area contributed by atoms with Gasteiger partial charge in [-0.1, -0.05) is 32.6 Å². The summed E-state index contributed by atoms with van der Waals surface area (Å²) in [4.78, 5) is 12.2. The van der Waals surface area contributed by atoms with Crippen molar-refractivity contribution in [3.05, 3.63) is 29.3 Å². The van der Waals surface area contributed by atoms with Gasteiger partial charge in [-0.05, 0) is 44.2 Å². The highest BCUT2D eigenvalue weighted by molar-refractivity contribution is 5.75. The number of nitrogens with zero attached hydrogens (tertiary/aromatic N) is 1. The topological polar surface area (TPSA) is 59.3 Å². The molecule has 0 aromatic heterocycles. The number of unbranched alkanes of at least 4 members (excludes halogenated alkanes) is 4. The van der Waals surface area contributed by atoms with Gasteiger partial charge in [0.2, 0.25) is 5.82 Å². The smallest absolute Gasteiger partial charge is 0.314 e. The van der Waals surface area contributed by atoms with Crippen LogP contribution in [0.3, 0.4) is 0 Å². The molecular formula is C21H27F2NO3. The summed E-state index contributed by atoms with van der Waals surface area (Å²) in [6, 6.07) is 3.76. The lowest BCUT2D eigenvalue weighted by atomic mass is 9.87. The van der Waals surface area contributed by atoms with Gasteiger partial charge in [0.05, 0.1) is 17.6 Å². The zero-order chi connectivity index (χ0) is 19.6. The van der Waals surface area contributed by atoms with Crippen LogP contribution >= 0.6 is 0 Å². The number of benzene rings is 1. The number of halogens is 2. The van der Waals surface area contributed by atoms with Crippen LogP contribution in [0.1, 0.15) is 70.3 Å². The fourth-order valence-corrected chi connectivity index (χ4v) is 3.31. The average molecular weight is 379 g/mol. The Balaban J connectivity index is 1.74. The number of hydrogen-bond acceptors (Lipinski definition) is 4. The minimum atomic E-state index is -1.30. The van der Waals surface area contributed by atoms with Crippen LogP contribution in [-0.2, 0) is 9.53 Å². The van der Waals surface area contributed by atoms with Crippen molar-refractivity contribution in [2.75, 3.05) is 6.61 Å². The van der Waals surface area contributed by atoms with E-state index in [0.717, 1.165) is 38.0 Å². The molecule has 1 aliphatic rings. The van der Waals surface area contributed by atoms with Gasteiger partial charge in [0.1, 0.15) is 6.07 Å². The maximum absolute atomic E-state index is 13.9. The minimum absolute atomic E-state index is 0.157. The van der Waals surface area contributed by atoms with Crippen molar-refractivity contribution in [2.45, 2.75) is 70.8 Å². The number of esters is 1. The predicted octanol–water partition coefficient (Wildman–Crippen LogP) is 5.29. The fraction of sp³-hybridized carbons (Fsp3) is 0.619. The molecule has 1 aliphatic carbocycles. The second-order valence-corrected chi connectivity index (χ2v) is 7.03. The Morgan fingerprint density at radius 1 is 1.11 bits per heavy atom. The van der Waals surface area contributed by atoms with Gasteiger partial charge in [-0.25, -0.2) is 4.39 Å². The van der Waals surface area contributed by atoms with Crippen LogP contribution in [-0.4, -0.2) is 18.7 Å². The molecule has 0 saturated heterocycles. The van der Waals surface area contributed by atoms with Crippen molar-refractivity contribution >= 4 is 5.97 Å². The van der Waals surface area contributed by atoms with Crippen LogP contribution in [0.2, 0.25) is 0 Å². The van der Waals surface area contributed by atoms with E-state index in [2.05, 4.69) is 6.92 Å². The van der Waals surface area contributed by atoms with Crippen LogP contribution in [0.4, 0.5) is 8.78 Å². The van der Waals surface area contributed by atoms with Crippen molar-refractivity contribution < 1.29 is 23.0 Å². The lowest BCUT2D eigenvalue weighted by Crippen LogP contribution is -2.29. The average Bonchev–Trinajstić information content (AvgIpc) is 2.69. The summed E-state index contributed by atoms with van der Waals surface area (Å²) in [5.41, 5.74) is -0.417. The summed E-state index contributed by atoms with van der Waals surface area (Å²) in [6.07, 6.45) is 8.87. The van der Waals surface area contributed by atoms with Crippen LogP contribution in [0.5, 0.6) is 5.75 Å². The molecule has 0 amide bonds. The molecule has 1 saturated carbocycles. The Kier molecular flexibility index (Phi) is 8.66. The Labute approximate surface area is 159 Å². The van der Waals surface area contributed by atoms with E-state index in [1.54, 1.807) is 6.07 Å². The Morgan fingerprint density at radius 3 is 2.48 bits per heavy atom. The monoisotopic (exact) mass is 379 g/mol. The molecule has 2 rings (SSSR count). The number of carbonyl (C=O) groups excluding carboxylic acids is 1. The lowest BCUT2D eigenvalue weighted by Gasteiger charge is -2.27. The molecule has 0 radical (unpaired) electrons. The third kappa shape index (κ3) is 6.28. The molecule has 0 atom stereocenters. The molecule has 0 aliphatic heterocycles. The summed E-state index contributed by atoms with van der Waals surface area (Å²) in [6.45, 7) is 2.94. The number of carbonyl (C=O) groups is 1. The van der Waals surface area contributed by atoms with Crippen LogP contribution < -0.4 is 4.74 Å². The number of rotatable bonds is 9. The molecule has 0 spiro atoms. The number of nitriles is 1. The van der Waals surface area contributed by atoms with Gasteiger partial charge in [-0.15, -0.1) is 0 Å². The van der Waals surface area contributed by atoms with Crippen molar-refractivity contribution in [1.82, 2.24) is 0 Å².